The van der Waals surface area contributed by atoms with E-state index in [0.29, 0.717) is 31.2 Å². The quantitative estimate of drug-likeness (QED) is 0.236. The van der Waals surface area contributed by atoms with Gasteiger partial charge in [0.1, 0.15) is 23.4 Å². The van der Waals surface area contributed by atoms with Crippen molar-refractivity contribution < 1.29 is 41.8 Å². The SMILES string of the molecule is COc1ccc2c(c1)cc(-c1nnc(C)o1)n2-c1ccc(CNC(=O)C2([NH-])CC2)cc1.O=C(CC(F)(F)F)NC1(C(=O)O)CC1. The number of hydrogen-bond donors (Lipinski definition) is 3. The van der Waals surface area contributed by atoms with E-state index in [-0.39, 0.29) is 18.7 Å². The van der Waals surface area contributed by atoms with Gasteiger partial charge in [-0.3, -0.25) is 9.59 Å². The van der Waals surface area contributed by atoms with Crippen molar-refractivity contribution in [3.05, 3.63) is 65.7 Å². The topological polar surface area (TPSA) is 172 Å². The van der Waals surface area contributed by atoms with Gasteiger partial charge in [-0.25, -0.2) is 4.79 Å². The lowest BCUT2D eigenvalue weighted by Gasteiger charge is -2.17. The molecule has 0 unspecified atom stereocenters. The van der Waals surface area contributed by atoms with Crippen LogP contribution in [0.2, 0.25) is 0 Å². The number of rotatable bonds is 9. The van der Waals surface area contributed by atoms with Gasteiger partial charge < -0.3 is 35.2 Å². The molecule has 0 atom stereocenters. The lowest BCUT2D eigenvalue weighted by molar-refractivity contribution is -0.157. The van der Waals surface area contributed by atoms with Gasteiger partial charge in [-0.1, -0.05) is 25.0 Å². The predicted molar refractivity (Wildman–Crippen MR) is 154 cm³/mol. The number of carboxylic acid groups (broad SMARTS) is 1. The second kappa shape index (κ2) is 11.9. The molecular weight excluding hydrogens is 597 g/mol. The van der Waals surface area contributed by atoms with Gasteiger partial charge in [-0.15, -0.1) is 10.2 Å². The lowest BCUT2D eigenvalue weighted by atomic mass is 10.2. The van der Waals surface area contributed by atoms with Crippen LogP contribution in [0.5, 0.6) is 5.75 Å². The van der Waals surface area contributed by atoms with E-state index in [9.17, 15) is 27.6 Å². The molecule has 2 aliphatic rings. The maximum absolute atomic E-state index is 12.0. The summed E-state index contributed by atoms with van der Waals surface area (Å²) in [6.07, 6.45) is -4.58. The molecule has 4 aromatic rings. The molecule has 0 bridgehead atoms. The van der Waals surface area contributed by atoms with E-state index in [2.05, 4.69) is 20.1 Å². The number of aromatic nitrogens is 3. The van der Waals surface area contributed by atoms with Crippen molar-refractivity contribution in [2.75, 3.05) is 7.11 Å². The van der Waals surface area contributed by atoms with Crippen LogP contribution in [0.25, 0.3) is 33.9 Å². The van der Waals surface area contributed by atoms with Gasteiger partial charge in [-0.2, -0.15) is 13.2 Å². The van der Waals surface area contributed by atoms with Crippen LogP contribution in [0.15, 0.2) is 52.9 Å². The van der Waals surface area contributed by atoms with Gasteiger partial charge in [0.2, 0.25) is 17.7 Å². The summed E-state index contributed by atoms with van der Waals surface area (Å²) < 4.78 is 48.2. The van der Waals surface area contributed by atoms with Gasteiger partial charge >= 0.3 is 12.1 Å². The first-order valence-corrected chi connectivity index (χ1v) is 14.0. The first-order chi connectivity index (χ1) is 21.2. The molecule has 2 heterocycles. The molecular formula is C30H30F3N6O6-. The second-order valence-electron chi connectivity index (χ2n) is 11.1. The van der Waals surface area contributed by atoms with Gasteiger partial charge in [0.25, 0.3) is 5.89 Å². The highest BCUT2D eigenvalue weighted by Crippen LogP contribution is 2.39. The highest BCUT2D eigenvalue weighted by atomic mass is 19.4. The molecule has 0 spiro atoms. The summed E-state index contributed by atoms with van der Waals surface area (Å²) in [7, 11) is 1.64. The number of aliphatic carboxylic acids is 1. The molecule has 4 N–H and O–H groups in total. The zero-order chi connectivity index (χ0) is 32.6. The largest absolute Gasteiger partial charge is 0.664 e. The fourth-order valence-electron chi connectivity index (χ4n) is 4.63. The zero-order valence-corrected chi connectivity index (χ0v) is 24.3. The second-order valence-corrected chi connectivity index (χ2v) is 11.1. The fraction of sp³-hybridized carbons (Fsp3) is 0.367. The van der Waals surface area contributed by atoms with Crippen LogP contribution < -0.4 is 15.4 Å². The number of aryl methyl sites for hydroxylation is 1. The number of carboxylic acids is 1. The molecule has 2 aromatic carbocycles. The van der Waals surface area contributed by atoms with E-state index < -0.39 is 35.6 Å². The third kappa shape index (κ3) is 7.25. The Bertz CT molecular complexity index is 1740. The third-order valence-electron chi connectivity index (χ3n) is 7.49. The van der Waals surface area contributed by atoms with Crippen LogP contribution in [-0.4, -0.2) is 62.0 Å². The Hall–Kier alpha value is -4.92. The van der Waals surface area contributed by atoms with Crippen LogP contribution >= 0.6 is 0 Å². The maximum atomic E-state index is 12.0. The molecule has 6 rings (SSSR count). The first kappa shape index (κ1) is 31.5. The van der Waals surface area contributed by atoms with Crippen LogP contribution in [-0.2, 0) is 20.9 Å². The van der Waals surface area contributed by atoms with Crippen molar-refractivity contribution in [2.45, 2.75) is 62.8 Å². The number of nitrogens with one attached hydrogen (secondary N) is 3. The Morgan fingerprint density at radius 1 is 1.07 bits per heavy atom. The number of carbonyl (C=O) groups is 3. The van der Waals surface area contributed by atoms with Crippen molar-refractivity contribution in [2.24, 2.45) is 0 Å². The molecule has 2 saturated carbocycles. The van der Waals surface area contributed by atoms with Crippen LogP contribution in [0, 0.1) is 6.92 Å². The lowest BCUT2D eigenvalue weighted by Crippen LogP contribution is -2.44. The van der Waals surface area contributed by atoms with Crippen molar-refractivity contribution >= 4 is 28.7 Å². The minimum atomic E-state index is -4.60. The minimum Gasteiger partial charge on any atom is -0.664 e. The molecule has 12 nitrogen and oxygen atoms in total. The molecule has 45 heavy (non-hydrogen) atoms. The summed E-state index contributed by atoms with van der Waals surface area (Å²) in [6, 6.07) is 15.8. The molecule has 0 radical (unpaired) electrons. The minimum absolute atomic E-state index is 0.186. The number of carbonyl (C=O) groups excluding carboxylic acids is 2. The van der Waals surface area contributed by atoms with Gasteiger partial charge in [-0.05, 0) is 60.3 Å². The molecule has 0 aliphatic heterocycles. The summed E-state index contributed by atoms with van der Waals surface area (Å²) in [5.74, 6) is -1.07. The number of nitrogens with zero attached hydrogens (tertiary/aromatic N) is 3. The van der Waals surface area contributed by atoms with Crippen molar-refractivity contribution in [1.82, 2.24) is 25.4 Å². The Kier molecular flexibility index (Phi) is 8.31. The number of fused-ring (bicyclic) bond motifs is 1. The van der Waals surface area contributed by atoms with E-state index in [4.69, 9.17) is 20.0 Å². The van der Waals surface area contributed by atoms with Gasteiger partial charge in [0.15, 0.2) is 0 Å². The fourth-order valence-corrected chi connectivity index (χ4v) is 4.63. The molecule has 238 valence electrons. The van der Waals surface area contributed by atoms with Crippen LogP contribution in [0.4, 0.5) is 13.2 Å². The molecule has 2 aliphatic carbocycles. The first-order valence-electron chi connectivity index (χ1n) is 14.0. The molecule has 0 saturated heterocycles. The number of benzene rings is 2. The highest BCUT2D eigenvalue weighted by Gasteiger charge is 2.52. The molecule has 2 fully saturated rings. The van der Waals surface area contributed by atoms with E-state index >= 15 is 0 Å². The van der Waals surface area contributed by atoms with Crippen molar-refractivity contribution in [3.8, 4) is 23.0 Å². The summed E-state index contributed by atoms with van der Waals surface area (Å²) in [5.41, 5.74) is 9.22. The normalized spacial score (nSPS) is 15.9. The summed E-state index contributed by atoms with van der Waals surface area (Å²) in [5, 5.41) is 22.4. The highest BCUT2D eigenvalue weighted by molar-refractivity contribution is 5.91. The number of amides is 2. The Morgan fingerprint density at radius 2 is 1.76 bits per heavy atom. The Balaban J connectivity index is 0.000000241. The van der Waals surface area contributed by atoms with Gasteiger partial charge in [0, 0.05) is 24.5 Å². The summed E-state index contributed by atoms with van der Waals surface area (Å²) >= 11 is 0. The van der Waals surface area contributed by atoms with Crippen molar-refractivity contribution in [1.29, 1.82) is 0 Å². The predicted octanol–water partition coefficient (Wildman–Crippen LogP) is 4.87. The smallest absolute Gasteiger partial charge is 0.397 e. The summed E-state index contributed by atoms with van der Waals surface area (Å²) in [6.45, 7) is 2.16. The Morgan fingerprint density at radius 3 is 2.29 bits per heavy atom. The number of alkyl halides is 3. The number of halogens is 3. The van der Waals surface area contributed by atoms with Crippen LogP contribution in [0.1, 0.15) is 43.6 Å². The van der Waals surface area contributed by atoms with E-state index in [1.807, 2.05) is 53.8 Å². The number of ether oxygens (including phenoxy) is 1. The average Bonchev–Trinajstić information content (AvgIpc) is 3.85. The van der Waals surface area contributed by atoms with E-state index in [1.165, 1.54) is 0 Å². The molecule has 2 amide bonds. The summed E-state index contributed by atoms with van der Waals surface area (Å²) in [4.78, 5) is 33.2. The standard InChI is InChI=1S/C23H22N5O3.C7H8F3NO3/c1-14-26-27-21(31-14)20-12-16-11-18(30-2)7-8-19(16)28(20)17-5-3-15(4-6-17)13-25-22(29)23(24)9-10-23;8-7(9,10)3-4(12)11-6(1-2-6)5(13)14/h3-8,11-12,24H,9-10,13H2,1-2H3,(H,25,29);1-3H2,(H,11,12)(H,13,14)/q-1;. The zero-order valence-electron chi connectivity index (χ0n) is 24.3. The maximum Gasteiger partial charge on any atom is 0.397 e. The third-order valence-corrected chi connectivity index (χ3v) is 7.49. The average molecular weight is 628 g/mol. The van der Waals surface area contributed by atoms with E-state index in [1.54, 1.807) is 14.0 Å². The van der Waals surface area contributed by atoms with Crippen LogP contribution in [0.3, 0.4) is 0 Å². The number of hydrogen-bond acceptors (Lipinski definition) is 7. The van der Waals surface area contributed by atoms with Gasteiger partial charge in [0.05, 0.1) is 12.6 Å². The monoisotopic (exact) mass is 627 g/mol. The molecule has 15 heteroatoms. The molecule has 2 aromatic heterocycles. The van der Waals surface area contributed by atoms with E-state index in [0.717, 1.165) is 33.6 Å². The number of methoxy groups -OCH3 is 1. The Labute approximate surface area is 254 Å². The van der Waals surface area contributed by atoms with Crippen molar-refractivity contribution in [3.63, 3.8) is 0 Å².